The summed E-state index contributed by atoms with van der Waals surface area (Å²) >= 11 is 1.38. The van der Waals surface area contributed by atoms with Crippen molar-refractivity contribution >= 4 is 40.1 Å². The molecule has 4 rings (SSSR count). The highest BCUT2D eigenvalue weighted by Crippen LogP contribution is 2.32. The number of esters is 1. The van der Waals surface area contributed by atoms with Crippen LogP contribution in [0.15, 0.2) is 65.6 Å². The van der Waals surface area contributed by atoms with Gasteiger partial charge in [0, 0.05) is 16.6 Å². The SMILES string of the molecule is CC(OC(=O)CSc1ccc2ccccc2c1)C(=O)Nc1ccc2c(c1)OCCO2. The number of hydrogen-bond donors (Lipinski definition) is 1. The predicted octanol–water partition coefficient (Wildman–Crippen LogP) is 4.27. The van der Waals surface area contributed by atoms with E-state index in [4.69, 9.17) is 14.2 Å². The second-order valence-electron chi connectivity index (χ2n) is 6.78. The highest BCUT2D eigenvalue weighted by Gasteiger charge is 2.19. The van der Waals surface area contributed by atoms with Crippen molar-refractivity contribution in [2.24, 2.45) is 0 Å². The fraction of sp³-hybridized carbons (Fsp3) is 0.217. The molecule has 0 aliphatic carbocycles. The van der Waals surface area contributed by atoms with E-state index in [9.17, 15) is 9.59 Å². The van der Waals surface area contributed by atoms with Gasteiger partial charge in [0.25, 0.3) is 5.91 Å². The summed E-state index contributed by atoms with van der Waals surface area (Å²) in [5, 5.41) is 4.99. The third-order valence-corrected chi connectivity index (χ3v) is 5.53. The van der Waals surface area contributed by atoms with E-state index in [1.165, 1.54) is 11.8 Å². The number of thioether (sulfide) groups is 1. The van der Waals surface area contributed by atoms with E-state index in [0.717, 1.165) is 15.7 Å². The zero-order valence-electron chi connectivity index (χ0n) is 16.4. The lowest BCUT2D eigenvalue weighted by atomic mass is 10.1. The monoisotopic (exact) mass is 423 g/mol. The Kier molecular flexibility index (Phi) is 6.09. The fourth-order valence-corrected chi connectivity index (χ4v) is 3.78. The van der Waals surface area contributed by atoms with Crippen LogP contribution in [0.3, 0.4) is 0 Å². The number of ether oxygens (including phenoxy) is 3. The van der Waals surface area contributed by atoms with Crippen molar-refractivity contribution in [3.05, 3.63) is 60.7 Å². The molecule has 0 aromatic heterocycles. The molecule has 1 heterocycles. The van der Waals surface area contributed by atoms with Crippen LogP contribution in [0.1, 0.15) is 6.92 Å². The van der Waals surface area contributed by atoms with Crippen molar-refractivity contribution < 1.29 is 23.8 Å². The molecule has 1 N–H and O–H groups in total. The lowest BCUT2D eigenvalue weighted by Crippen LogP contribution is -2.30. The van der Waals surface area contributed by atoms with Gasteiger partial charge in [-0.25, -0.2) is 0 Å². The maximum atomic E-state index is 12.4. The number of amides is 1. The maximum Gasteiger partial charge on any atom is 0.317 e. The maximum absolute atomic E-state index is 12.4. The van der Waals surface area contributed by atoms with E-state index in [1.54, 1.807) is 25.1 Å². The zero-order chi connectivity index (χ0) is 20.9. The number of rotatable bonds is 6. The molecule has 1 aliphatic rings. The molecule has 0 saturated carbocycles. The van der Waals surface area contributed by atoms with Gasteiger partial charge >= 0.3 is 5.97 Å². The Morgan fingerprint density at radius 3 is 2.60 bits per heavy atom. The number of hydrogen-bond acceptors (Lipinski definition) is 6. The average molecular weight is 423 g/mol. The Bertz CT molecular complexity index is 1080. The molecule has 0 bridgehead atoms. The van der Waals surface area contributed by atoms with Crippen molar-refractivity contribution in [3.63, 3.8) is 0 Å². The predicted molar refractivity (Wildman–Crippen MR) is 116 cm³/mol. The third kappa shape index (κ3) is 4.86. The number of carbonyl (C=O) groups is 2. The first kappa shape index (κ1) is 20.1. The summed E-state index contributed by atoms with van der Waals surface area (Å²) in [6, 6.07) is 19.2. The minimum atomic E-state index is -0.914. The molecule has 3 aromatic rings. The quantitative estimate of drug-likeness (QED) is 0.471. The standard InChI is InChI=1S/C23H21NO5S/c1-15(23(26)24-18-7-9-20-21(13-18)28-11-10-27-20)29-22(25)14-30-19-8-6-16-4-2-3-5-17(16)12-19/h2-9,12-13,15H,10-11,14H2,1H3,(H,24,26). The second-order valence-corrected chi connectivity index (χ2v) is 7.83. The molecule has 0 spiro atoms. The van der Waals surface area contributed by atoms with Crippen molar-refractivity contribution in [1.29, 1.82) is 0 Å². The topological polar surface area (TPSA) is 73.9 Å². The van der Waals surface area contributed by atoms with Crippen LogP contribution in [0.25, 0.3) is 10.8 Å². The molecular formula is C23H21NO5S. The second kappa shape index (κ2) is 9.09. The molecule has 3 aromatic carbocycles. The van der Waals surface area contributed by atoms with Crippen LogP contribution in [-0.4, -0.2) is 36.9 Å². The van der Waals surface area contributed by atoms with E-state index in [1.807, 2.05) is 42.5 Å². The average Bonchev–Trinajstić information content (AvgIpc) is 2.77. The number of benzene rings is 3. The molecule has 30 heavy (non-hydrogen) atoms. The van der Waals surface area contributed by atoms with Gasteiger partial charge in [-0.2, -0.15) is 0 Å². The van der Waals surface area contributed by atoms with Gasteiger partial charge in [-0.05, 0) is 42.0 Å². The van der Waals surface area contributed by atoms with E-state index in [2.05, 4.69) is 5.32 Å². The summed E-state index contributed by atoms with van der Waals surface area (Å²) in [7, 11) is 0. The summed E-state index contributed by atoms with van der Waals surface area (Å²) < 4.78 is 16.2. The van der Waals surface area contributed by atoms with Gasteiger partial charge in [-0.1, -0.05) is 30.3 Å². The van der Waals surface area contributed by atoms with Gasteiger partial charge in [0.1, 0.15) is 13.2 Å². The highest BCUT2D eigenvalue weighted by atomic mass is 32.2. The summed E-state index contributed by atoms with van der Waals surface area (Å²) in [4.78, 5) is 25.5. The molecule has 154 valence electrons. The van der Waals surface area contributed by atoms with Crippen molar-refractivity contribution in [2.75, 3.05) is 24.3 Å². The Hall–Kier alpha value is -3.19. The number of carbonyl (C=O) groups excluding carboxylic acids is 2. The molecule has 1 amide bonds. The van der Waals surface area contributed by atoms with Gasteiger partial charge in [-0.15, -0.1) is 11.8 Å². The van der Waals surface area contributed by atoms with Gasteiger partial charge in [0.05, 0.1) is 5.75 Å². The van der Waals surface area contributed by atoms with Crippen molar-refractivity contribution in [2.45, 2.75) is 17.9 Å². The molecule has 6 nitrogen and oxygen atoms in total. The first-order valence-corrected chi connectivity index (χ1v) is 10.6. The first-order chi connectivity index (χ1) is 14.6. The molecular weight excluding hydrogens is 402 g/mol. The number of fused-ring (bicyclic) bond motifs is 2. The third-order valence-electron chi connectivity index (χ3n) is 4.56. The van der Waals surface area contributed by atoms with Crippen LogP contribution in [0.2, 0.25) is 0 Å². The molecule has 1 atom stereocenters. The van der Waals surface area contributed by atoms with Gasteiger partial charge in [-0.3, -0.25) is 9.59 Å². The van der Waals surface area contributed by atoms with Crippen molar-refractivity contribution in [3.8, 4) is 11.5 Å². The van der Waals surface area contributed by atoms with Gasteiger partial charge < -0.3 is 19.5 Å². The molecule has 0 radical (unpaired) electrons. The molecule has 7 heteroatoms. The summed E-state index contributed by atoms with van der Waals surface area (Å²) in [5.41, 5.74) is 0.553. The fourth-order valence-electron chi connectivity index (χ4n) is 3.05. The number of anilines is 1. The highest BCUT2D eigenvalue weighted by molar-refractivity contribution is 8.00. The van der Waals surface area contributed by atoms with Crippen LogP contribution in [0.5, 0.6) is 11.5 Å². The summed E-state index contributed by atoms with van der Waals surface area (Å²) in [5.74, 6) is 0.494. The molecule has 0 fully saturated rings. The number of nitrogens with one attached hydrogen (secondary N) is 1. The van der Waals surface area contributed by atoms with E-state index < -0.39 is 18.0 Å². The smallest absolute Gasteiger partial charge is 0.317 e. The zero-order valence-corrected chi connectivity index (χ0v) is 17.2. The normalized spacial score (nSPS) is 13.5. The van der Waals surface area contributed by atoms with Crippen LogP contribution in [-0.2, 0) is 14.3 Å². The molecule has 0 saturated heterocycles. The Morgan fingerprint density at radius 1 is 1.00 bits per heavy atom. The Morgan fingerprint density at radius 2 is 1.77 bits per heavy atom. The summed E-state index contributed by atoms with van der Waals surface area (Å²) in [6.45, 7) is 2.52. The minimum absolute atomic E-state index is 0.125. The van der Waals surface area contributed by atoms with Gasteiger partial charge in [0.2, 0.25) is 0 Å². The largest absolute Gasteiger partial charge is 0.486 e. The minimum Gasteiger partial charge on any atom is -0.486 e. The van der Waals surface area contributed by atoms with Crippen LogP contribution < -0.4 is 14.8 Å². The lowest BCUT2D eigenvalue weighted by Gasteiger charge is -2.19. The lowest BCUT2D eigenvalue weighted by molar-refractivity contribution is -0.150. The molecule has 1 aliphatic heterocycles. The van der Waals surface area contributed by atoms with Crippen LogP contribution >= 0.6 is 11.8 Å². The van der Waals surface area contributed by atoms with E-state index in [-0.39, 0.29) is 5.75 Å². The Balaban J connectivity index is 1.28. The summed E-state index contributed by atoms with van der Waals surface area (Å²) in [6.07, 6.45) is -0.914. The van der Waals surface area contributed by atoms with Gasteiger partial charge in [0.15, 0.2) is 17.6 Å². The Labute approximate surface area is 178 Å². The van der Waals surface area contributed by atoms with E-state index >= 15 is 0 Å². The van der Waals surface area contributed by atoms with E-state index in [0.29, 0.717) is 30.4 Å². The van der Waals surface area contributed by atoms with Crippen LogP contribution in [0.4, 0.5) is 5.69 Å². The first-order valence-electron chi connectivity index (χ1n) is 9.60. The van der Waals surface area contributed by atoms with Crippen molar-refractivity contribution in [1.82, 2.24) is 0 Å². The van der Waals surface area contributed by atoms with Crippen LogP contribution in [0, 0.1) is 0 Å². The molecule has 1 unspecified atom stereocenters.